The third kappa shape index (κ3) is 2.48. The second-order valence-corrected chi connectivity index (χ2v) is 7.85. The molecule has 0 aromatic heterocycles. The predicted octanol–water partition coefficient (Wildman–Crippen LogP) is 3.55. The number of benzene rings is 1. The summed E-state index contributed by atoms with van der Waals surface area (Å²) in [7, 11) is 3.74. The molecule has 1 aromatic carbocycles. The van der Waals surface area contributed by atoms with Gasteiger partial charge >= 0.3 is 5.97 Å². The minimum Gasteiger partial charge on any atom is -0.424 e. The first kappa shape index (κ1) is 15.2. The highest BCUT2D eigenvalue weighted by atomic mass is 35.5. The maximum atomic E-state index is 12.3. The molecular weight excluding hydrogens is 329 g/mol. The van der Waals surface area contributed by atoms with Crippen LogP contribution >= 0.6 is 35.0 Å². The molecule has 6 heteroatoms. The summed E-state index contributed by atoms with van der Waals surface area (Å²) in [5.74, 6) is 0.919. The van der Waals surface area contributed by atoms with Crippen LogP contribution in [-0.4, -0.2) is 41.1 Å². The van der Waals surface area contributed by atoms with Gasteiger partial charge in [0.15, 0.2) is 0 Å². The van der Waals surface area contributed by atoms with Crippen LogP contribution in [-0.2, 0) is 9.53 Å². The Labute approximate surface area is 138 Å². The van der Waals surface area contributed by atoms with E-state index in [1.165, 1.54) is 0 Å². The molecule has 1 aromatic rings. The zero-order chi connectivity index (χ0) is 15.2. The van der Waals surface area contributed by atoms with Crippen LogP contribution in [0.15, 0.2) is 34.7 Å². The molecule has 0 spiro atoms. The number of fused-ring (bicyclic) bond motifs is 2. The average Bonchev–Trinajstić information content (AvgIpc) is 2.58. The van der Waals surface area contributed by atoms with E-state index < -0.39 is 10.3 Å². The summed E-state index contributed by atoms with van der Waals surface area (Å²) < 4.78 is 3.95. The zero-order valence-corrected chi connectivity index (χ0v) is 14.1. The van der Waals surface area contributed by atoms with Gasteiger partial charge in [-0.2, -0.15) is 0 Å². The van der Waals surface area contributed by atoms with E-state index in [1.54, 1.807) is 11.8 Å². The molecule has 2 heterocycles. The van der Waals surface area contributed by atoms with Crippen molar-refractivity contribution in [1.29, 1.82) is 0 Å². The monoisotopic (exact) mass is 343 g/mol. The number of hydrogen-bond donors (Lipinski definition) is 0. The summed E-state index contributed by atoms with van der Waals surface area (Å²) in [5, 5.41) is 0. The van der Waals surface area contributed by atoms with Crippen LogP contribution in [0.3, 0.4) is 0 Å². The molecule has 2 aliphatic rings. The molecule has 0 saturated heterocycles. The largest absolute Gasteiger partial charge is 0.424 e. The fraction of sp³-hybridized carbons (Fsp3) is 0.400. The van der Waals surface area contributed by atoms with Crippen LogP contribution < -0.4 is 0 Å². The van der Waals surface area contributed by atoms with E-state index in [0.717, 1.165) is 28.2 Å². The number of alkyl halides is 2. The Balaban J connectivity index is 2.21. The van der Waals surface area contributed by atoms with Crippen LogP contribution in [0.2, 0.25) is 0 Å². The number of rotatable bonds is 1. The van der Waals surface area contributed by atoms with E-state index >= 15 is 0 Å². The summed E-state index contributed by atoms with van der Waals surface area (Å²) in [6.07, 6.45) is 0.784. The summed E-state index contributed by atoms with van der Waals surface area (Å²) >= 11 is 14.3. The number of likely N-dealkylation sites (N-methyl/N-ethyl adjacent to an activating group) is 1. The fourth-order valence-corrected chi connectivity index (χ4v) is 4.61. The van der Waals surface area contributed by atoms with Crippen molar-refractivity contribution in [1.82, 2.24) is 4.90 Å². The molecule has 112 valence electrons. The number of carbonyl (C=O) groups is 1. The lowest BCUT2D eigenvalue weighted by Gasteiger charge is -2.39. The molecule has 0 saturated carbocycles. The lowest BCUT2D eigenvalue weighted by molar-refractivity contribution is -0.139. The van der Waals surface area contributed by atoms with Crippen molar-refractivity contribution in [2.24, 2.45) is 0 Å². The Morgan fingerprint density at radius 2 is 2.05 bits per heavy atom. The van der Waals surface area contributed by atoms with Gasteiger partial charge in [-0.1, -0.05) is 41.4 Å². The average molecular weight is 344 g/mol. The van der Waals surface area contributed by atoms with E-state index in [9.17, 15) is 4.79 Å². The predicted molar refractivity (Wildman–Crippen MR) is 86.7 cm³/mol. The van der Waals surface area contributed by atoms with Gasteiger partial charge in [0.25, 0.3) is 0 Å². The standard InChI is InChI=1S/C15H15Cl2NO2S/c1-18(2)13-10-7-8-21-11-6-4-3-5-9(11)12(10)20-14(19)15(13,16)17/h3-6,13H,7-8H2,1-2H3. The van der Waals surface area contributed by atoms with E-state index in [-0.39, 0.29) is 6.04 Å². The quantitative estimate of drug-likeness (QED) is 0.576. The van der Waals surface area contributed by atoms with Gasteiger partial charge in [0, 0.05) is 16.2 Å². The Morgan fingerprint density at radius 1 is 1.33 bits per heavy atom. The van der Waals surface area contributed by atoms with Crippen molar-refractivity contribution in [3.8, 4) is 0 Å². The zero-order valence-electron chi connectivity index (χ0n) is 11.7. The van der Waals surface area contributed by atoms with Gasteiger partial charge in [0.1, 0.15) is 5.76 Å². The first-order valence-electron chi connectivity index (χ1n) is 6.64. The molecule has 0 N–H and O–H groups in total. The first-order valence-corrected chi connectivity index (χ1v) is 8.39. The molecular formula is C15H15Cl2NO2S. The van der Waals surface area contributed by atoms with Gasteiger partial charge in [-0.3, -0.25) is 4.90 Å². The van der Waals surface area contributed by atoms with Crippen molar-refractivity contribution >= 4 is 46.7 Å². The summed E-state index contributed by atoms with van der Waals surface area (Å²) in [6, 6.07) is 7.55. The van der Waals surface area contributed by atoms with Gasteiger partial charge < -0.3 is 4.74 Å². The Bertz CT molecular complexity index is 628. The smallest absolute Gasteiger partial charge is 0.350 e. The third-order valence-corrected chi connectivity index (χ3v) is 5.51. The highest BCUT2D eigenvalue weighted by molar-refractivity contribution is 7.99. The summed E-state index contributed by atoms with van der Waals surface area (Å²) in [5.41, 5.74) is 1.93. The molecule has 2 aliphatic heterocycles. The minimum atomic E-state index is -1.58. The van der Waals surface area contributed by atoms with Crippen LogP contribution in [0, 0.1) is 0 Å². The highest BCUT2D eigenvalue weighted by Gasteiger charge is 2.52. The molecule has 3 rings (SSSR count). The van der Waals surface area contributed by atoms with E-state index in [4.69, 9.17) is 27.9 Å². The number of halogens is 2. The number of thioether (sulfide) groups is 1. The lowest BCUT2D eigenvalue weighted by Crippen LogP contribution is -2.52. The highest BCUT2D eigenvalue weighted by Crippen LogP contribution is 2.47. The molecule has 21 heavy (non-hydrogen) atoms. The third-order valence-electron chi connectivity index (χ3n) is 3.71. The molecule has 0 amide bonds. The topological polar surface area (TPSA) is 29.5 Å². The van der Waals surface area contributed by atoms with Crippen LogP contribution in [0.5, 0.6) is 0 Å². The molecule has 0 aliphatic carbocycles. The first-order chi connectivity index (χ1) is 9.93. The molecule has 0 fully saturated rings. The normalized spacial score (nSPS) is 24.2. The van der Waals surface area contributed by atoms with Gasteiger partial charge in [-0.05, 0) is 32.2 Å². The molecule has 1 atom stereocenters. The van der Waals surface area contributed by atoms with Crippen LogP contribution in [0.4, 0.5) is 0 Å². The Kier molecular flexibility index (Phi) is 3.99. The van der Waals surface area contributed by atoms with Crippen molar-refractivity contribution in [2.45, 2.75) is 21.7 Å². The maximum Gasteiger partial charge on any atom is 0.350 e. The number of nitrogens with zero attached hydrogens (tertiary/aromatic N) is 1. The minimum absolute atomic E-state index is 0.385. The van der Waals surface area contributed by atoms with Crippen molar-refractivity contribution in [3.05, 3.63) is 35.4 Å². The SMILES string of the molecule is CN(C)C1C2=C(OC(=O)C1(Cl)Cl)c1ccccc1SCC2. The van der Waals surface area contributed by atoms with Gasteiger partial charge in [0.2, 0.25) is 4.33 Å². The molecule has 1 unspecified atom stereocenters. The maximum absolute atomic E-state index is 12.3. The van der Waals surface area contributed by atoms with Crippen molar-refractivity contribution < 1.29 is 9.53 Å². The lowest BCUT2D eigenvalue weighted by atomic mass is 9.93. The second-order valence-electron chi connectivity index (χ2n) is 5.33. The van der Waals surface area contributed by atoms with Crippen molar-refractivity contribution in [3.63, 3.8) is 0 Å². The number of hydrogen-bond acceptors (Lipinski definition) is 4. The Morgan fingerprint density at radius 3 is 2.76 bits per heavy atom. The van der Waals surface area contributed by atoms with E-state index in [2.05, 4.69) is 0 Å². The fourth-order valence-electron chi connectivity index (χ4n) is 2.85. The van der Waals surface area contributed by atoms with E-state index in [1.807, 2.05) is 43.3 Å². The molecule has 0 bridgehead atoms. The number of esters is 1. The second kappa shape index (κ2) is 5.51. The molecule has 3 nitrogen and oxygen atoms in total. The van der Waals surface area contributed by atoms with Crippen molar-refractivity contribution in [2.75, 3.05) is 19.8 Å². The van der Waals surface area contributed by atoms with Gasteiger partial charge in [0.05, 0.1) is 6.04 Å². The van der Waals surface area contributed by atoms with Crippen LogP contribution in [0.1, 0.15) is 12.0 Å². The number of carbonyl (C=O) groups excluding carboxylic acids is 1. The van der Waals surface area contributed by atoms with Crippen LogP contribution in [0.25, 0.3) is 5.76 Å². The molecule has 0 radical (unpaired) electrons. The van der Waals surface area contributed by atoms with Gasteiger partial charge in [-0.25, -0.2) is 4.79 Å². The van der Waals surface area contributed by atoms with Gasteiger partial charge in [-0.15, -0.1) is 11.8 Å². The summed E-state index contributed by atoms with van der Waals surface area (Å²) in [6.45, 7) is 0. The summed E-state index contributed by atoms with van der Waals surface area (Å²) in [4.78, 5) is 15.3. The number of ether oxygens (including phenoxy) is 1. The Hall–Kier alpha value is -0.680. The van der Waals surface area contributed by atoms with E-state index in [0.29, 0.717) is 5.76 Å².